The Bertz CT molecular complexity index is 235. The van der Waals surface area contributed by atoms with E-state index >= 15 is 0 Å². The van der Waals surface area contributed by atoms with Crippen molar-refractivity contribution in [3.05, 3.63) is 36.0 Å². The molecule has 1 atom stereocenters. The molecule has 1 unspecified atom stereocenters. The Morgan fingerprint density at radius 3 is 2.73 bits per heavy atom. The molecule has 0 saturated carbocycles. The van der Waals surface area contributed by atoms with E-state index in [1.54, 1.807) is 6.08 Å². The summed E-state index contributed by atoms with van der Waals surface area (Å²) in [4.78, 5) is 0. The Morgan fingerprint density at radius 2 is 2.36 bits per heavy atom. The lowest BCUT2D eigenvalue weighted by Gasteiger charge is -2.27. The summed E-state index contributed by atoms with van der Waals surface area (Å²) >= 11 is 0. The molecule has 0 amide bonds. The summed E-state index contributed by atoms with van der Waals surface area (Å²) in [6.45, 7) is 7.62. The second-order valence-corrected chi connectivity index (χ2v) is 3.25. The van der Waals surface area contributed by atoms with Crippen LogP contribution in [-0.4, -0.2) is 10.7 Å². The van der Waals surface area contributed by atoms with Crippen LogP contribution in [-0.2, 0) is 0 Å². The van der Waals surface area contributed by atoms with Gasteiger partial charge in [0.05, 0.1) is 0 Å². The van der Waals surface area contributed by atoms with Crippen molar-refractivity contribution in [2.24, 2.45) is 0 Å². The second kappa shape index (κ2) is 2.67. The molecule has 1 rings (SSSR count). The third-order valence-corrected chi connectivity index (χ3v) is 2.04. The molecule has 1 N–H and O–H groups in total. The maximum Gasteiger partial charge on any atom is 0.107 e. The van der Waals surface area contributed by atoms with Crippen molar-refractivity contribution in [2.75, 3.05) is 0 Å². The van der Waals surface area contributed by atoms with Crippen LogP contribution in [0.3, 0.4) is 0 Å². The van der Waals surface area contributed by atoms with Gasteiger partial charge in [-0.3, -0.25) is 0 Å². The van der Waals surface area contributed by atoms with E-state index in [1.807, 2.05) is 26.0 Å². The smallest absolute Gasteiger partial charge is 0.107 e. The maximum absolute atomic E-state index is 9.89. The Balaban J connectivity index is 2.86. The quantitative estimate of drug-likeness (QED) is 0.568. The largest absolute Gasteiger partial charge is 0.381 e. The topological polar surface area (TPSA) is 20.2 Å². The third kappa shape index (κ3) is 1.60. The fourth-order valence-electron chi connectivity index (χ4n) is 1.21. The fraction of sp³-hybridized carbons (Fsp3) is 0.400. The van der Waals surface area contributed by atoms with E-state index in [1.165, 1.54) is 5.57 Å². The zero-order chi connectivity index (χ0) is 8.48. The van der Waals surface area contributed by atoms with Gasteiger partial charge in [-0.15, -0.1) is 0 Å². The maximum atomic E-state index is 9.89. The van der Waals surface area contributed by atoms with Crippen molar-refractivity contribution in [2.45, 2.75) is 25.9 Å². The van der Waals surface area contributed by atoms with Gasteiger partial charge in [0, 0.05) is 6.42 Å². The number of rotatable bonds is 1. The lowest BCUT2D eigenvalue weighted by atomic mass is 9.85. The van der Waals surface area contributed by atoms with Crippen molar-refractivity contribution in [3.63, 3.8) is 0 Å². The van der Waals surface area contributed by atoms with Gasteiger partial charge in [-0.25, -0.2) is 0 Å². The highest BCUT2D eigenvalue weighted by Crippen LogP contribution is 2.28. The van der Waals surface area contributed by atoms with Crippen LogP contribution in [0.4, 0.5) is 0 Å². The molecule has 0 heterocycles. The molecular formula is C10H14O. The highest BCUT2D eigenvalue weighted by atomic mass is 16.3. The fourth-order valence-corrected chi connectivity index (χ4v) is 1.21. The Hall–Kier alpha value is -0.820. The second-order valence-electron chi connectivity index (χ2n) is 3.25. The standard InChI is InChI=1S/C10H14O/c1-8(2)10(11)6-4-5-9(3)7-10/h4-6,11H,1,7H2,2-3H3. The van der Waals surface area contributed by atoms with Crippen molar-refractivity contribution < 1.29 is 5.11 Å². The van der Waals surface area contributed by atoms with Gasteiger partial charge < -0.3 is 5.11 Å². The average Bonchev–Trinajstić information content (AvgIpc) is 1.86. The lowest BCUT2D eigenvalue weighted by molar-refractivity contribution is 0.129. The summed E-state index contributed by atoms with van der Waals surface area (Å²) in [7, 11) is 0. The van der Waals surface area contributed by atoms with Gasteiger partial charge in [0.15, 0.2) is 0 Å². The molecule has 0 aromatic carbocycles. The highest BCUT2D eigenvalue weighted by Gasteiger charge is 2.25. The molecule has 0 fully saturated rings. The molecule has 1 heteroatoms. The minimum absolute atomic E-state index is 0.679. The molecule has 1 aliphatic rings. The predicted molar refractivity (Wildman–Crippen MR) is 47.3 cm³/mol. The minimum Gasteiger partial charge on any atom is -0.381 e. The molecule has 1 nitrogen and oxygen atoms in total. The van der Waals surface area contributed by atoms with Crippen molar-refractivity contribution in [1.29, 1.82) is 0 Å². The van der Waals surface area contributed by atoms with Gasteiger partial charge in [-0.2, -0.15) is 0 Å². The third-order valence-electron chi connectivity index (χ3n) is 2.04. The van der Waals surface area contributed by atoms with E-state index in [9.17, 15) is 5.11 Å². The highest BCUT2D eigenvalue weighted by molar-refractivity contribution is 5.31. The van der Waals surface area contributed by atoms with E-state index in [0.717, 1.165) is 5.57 Å². The van der Waals surface area contributed by atoms with Gasteiger partial charge in [-0.1, -0.05) is 24.3 Å². The Labute approximate surface area is 67.7 Å². The van der Waals surface area contributed by atoms with Gasteiger partial charge >= 0.3 is 0 Å². The van der Waals surface area contributed by atoms with Crippen LogP contribution in [0.15, 0.2) is 36.0 Å². The molecular weight excluding hydrogens is 136 g/mol. The normalized spacial score (nSPS) is 29.9. The molecule has 0 saturated heterocycles. The molecule has 0 spiro atoms. The summed E-state index contributed by atoms with van der Waals surface area (Å²) in [5.41, 5.74) is 1.21. The van der Waals surface area contributed by atoms with E-state index in [2.05, 4.69) is 6.58 Å². The molecule has 1 aliphatic carbocycles. The van der Waals surface area contributed by atoms with Crippen LogP contribution in [0.5, 0.6) is 0 Å². The number of allylic oxidation sites excluding steroid dienone is 2. The summed E-state index contributed by atoms with van der Waals surface area (Å²) in [5, 5.41) is 9.89. The van der Waals surface area contributed by atoms with Gasteiger partial charge in [0.2, 0.25) is 0 Å². The van der Waals surface area contributed by atoms with Crippen molar-refractivity contribution in [1.82, 2.24) is 0 Å². The van der Waals surface area contributed by atoms with Crippen molar-refractivity contribution in [3.8, 4) is 0 Å². The summed E-state index contributed by atoms with van der Waals surface area (Å²) < 4.78 is 0. The van der Waals surface area contributed by atoms with E-state index in [4.69, 9.17) is 0 Å². The van der Waals surface area contributed by atoms with Crippen LogP contribution >= 0.6 is 0 Å². The zero-order valence-electron chi connectivity index (χ0n) is 7.09. The SMILES string of the molecule is C=C(C)C1(O)C=CC=C(C)C1. The predicted octanol–water partition coefficient (Wildman–Crippen LogP) is 2.20. The van der Waals surface area contributed by atoms with Crippen LogP contribution in [0.1, 0.15) is 20.3 Å². The van der Waals surface area contributed by atoms with E-state index in [-0.39, 0.29) is 0 Å². The van der Waals surface area contributed by atoms with Crippen LogP contribution in [0.2, 0.25) is 0 Å². The average molecular weight is 150 g/mol. The van der Waals surface area contributed by atoms with Gasteiger partial charge in [0.1, 0.15) is 5.60 Å². The van der Waals surface area contributed by atoms with Gasteiger partial charge in [0.25, 0.3) is 0 Å². The minimum atomic E-state index is -0.793. The molecule has 0 aromatic rings. The first-order valence-corrected chi connectivity index (χ1v) is 3.78. The number of hydrogen-bond donors (Lipinski definition) is 1. The monoisotopic (exact) mass is 150 g/mol. The Kier molecular flexibility index (Phi) is 2.01. The summed E-state index contributed by atoms with van der Waals surface area (Å²) in [6, 6.07) is 0. The molecule has 0 bridgehead atoms. The summed E-state index contributed by atoms with van der Waals surface area (Å²) in [5.74, 6) is 0. The van der Waals surface area contributed by atoms with Crippen LogP contribution in [0.25, 0.3) is 0 Å². The van der Waals surface area contributed by atoms with Crippen LogP contribution in [0, 0.1) is 0 Å². The van der Waals surface area contributed by atoms with Gasteiger partial charge in [-0.05, 0) is 25.5 Å². The van der Waals surface area contributed by atoms with Crippen LogP contribution < -0.4 is 0 Å². The first-order chi connectivity index (χ1) is 5.04. The number of aliphatic hydroxyl groups is 1. The van der Waals surface area contributed by atoms with E-state index in [0.29, 0.717) is 6.42 Å². The number of hydrogen-bond acceptors (Lipinski definition) is 1. The molecule has 11 heavy (non-hydrogen) atoms. The molecule has 0 aliphatic heterocycles. The first kappa shape index (κ1) is 8.28. The van der Waals surface area contributed by atoms with E-state index < -0.39 is 5.60 Å². The lowest BCUT2D eigenvalue weighted by Crippen LogP contribution is -2.28. The molecule has 0 aromatic heterocycles. The van der Waals surface area contributed by atoms with Crippen molar-refractivity contribution >= 4 is 0 Å². The first-order valence-electron chi connectivity index (χ1n) is 3.78. The molecule has 0 radical (unpaired) electrons. The zero-order valence-corrected chi connectivity index (χ0v) is 7.09. The molecule has 60 valence electrons. The summed E-state index contributed by atoms with van der Waals surface area (Å²) in [6.07, 6.45) is 6.37. The Morgan fingerprint density at radius 1 is 1.73 bits per heavy atom.